The zero-order chi connectivity index (χ0) is 12.6. The van der Waals surface area contributed by atoms with E-state index >= 15 is 0 Å². The summed E-state index contributed by atoms with van der Waals surface area (Å²) in [7, 11) is 0. The maximum Gasteiger partial charge on any atom is 0.173 e. The van der Waals surface area contributed by atoms with Crippen LogP contribution in [0.1, 0.15) is 26.7 Å². The molecule has 2 nitrogen and oxygen atoms in total. The normalized spacial score (nSPS) is 32.1. The summed E-state index contributed by atoms with van der Waals surface area (Å²) in [6.07, 6.45) is 1.59. The lowest BCUT2D eigenvalue weighted by Gasteiger charge is -2.51. The summed E-state index contributed by atoms with van der Waals surface area (Å²) < 4.78 is 19.3. The van der Waals surface area contributed by atoms with E-state index in [2.05, 4.69) is 13.8 Å². The summed E-state index contributed by atoms with van der Waals surface area (Å²) in [5.74, 6) is -0.276. The molecule has 1 aliphatic rings. The predicted octanol–water partition coefficient (Wildman–Crippen LogP) is 3.37. The molecule has 94 valence electrons. The Bertz CT molecular complexity index is 406. The van der Waals surface area contributed by atoms with Crippen LogP contribution < -0.4 is 10.5 Å². The second kappa shape index (κ2) is 4.46. The van der Waals surface area contributed by atoms with Crippen LogP contribution >= 0.6 is 11.6 Å². The Balaban J connectivity index is 2.18. The predicted molar refractivity (Wildman–Crippen MR) is 66.8 cm³/mol. The fraction of sp³-hybridized carbons (Fsp3) is 0.538. The Morgan fingerprint density at radius 2 is 2.29 bits per heavy atom. The standard InChI is InChI=1S/C13H17ClFNO/c1-3-13(2)10(16)7-11(13)17-12-8(14)5-4-6-9(12)15/h4-6,10-11H,3,7,16H2,1-2H3. The van der Waals surface area contributed by atoms with Crippen molar-refractivity contribution < 1.29 is 9.13 Å². The smallest absolute Gasteiger partial charge is 0.173 e. The second-order valence-electron chi connectivity index (χ2n) is 4.86. The van der Waals surface area contributed by atoms with Gasteiger partial charge in [-0.05, 0) is 18.6 Å². The molecular formula is C13H17ClFNO. The molecule has 0 radical (unpaired) electrons. The van der Waals surface area contributed by atoms with Gasteiger partial charge >= 0.3 is 0 Å². The number of benzene rings is 1. The molecule has 1 aliphatic carbocycles. The zero-order valence-corrected chi connectivity index (χ0v) is 10.8. The molecule has 0 heterocycles. The van der Waals surface area contributed by atoms with Crippen LogP contribution in [-0.4, -0.2) is 12.1 Å². The summed E-state index contributed by atoms with van der Waals surface area (Å²) >= 11 is 5.93. The van der Waals surface area contributed by atoms with Crippen molar-refractivity contribution in [3.05, 3.63) is 29.0 Å². The van der Waals surface area contributed by atoms with E-state index in [0.717, 1.165) is 12.8 Å². The average Bonchev–Trinajstić information content (AvgIpc) is 2.31. The van der Waals surface area contributed by atoms with Crippen molar-refractivity contribution in [2.24, 2.45) is 11.1 Å². The molecular weight excluding hydrogens is 241 g/mol. The molecule has 4 heteroatoms. The lowest BCUT2D eigenvalue weighted by atomic mass is 9.62. The summed E-state index contributed by atoms with van der Waals surface area (Å²) in [5.41, 5.74) is 5.89. The fourth-order valence-electron chi connectivity index (χ4n) is 2.26. The number of ether oxygens (including phenoxy) is 1. The van der Waals surface area contributed by atoms with E-state index < -0.39 is 5.82 Å². The summed E-state index contributed by atoms with van der Waals surface area (Å²) in [6, 6.07) is 4.66. The van der Waals surface area contributed by atoms with Crippen LogP contribution in [0.4, 0.5) is 4.39 Å². The maximum absolute atomic E-state index is 13.6. The molecule has 0 bridgehead atoms. The third-order valence-corrected chi connectivity index (χ3v) is 4.29. The largest absolute Gasteiger partial charge is 0.485 e. The van der Waals surface area contributed by atoms with E-state index in [-0.39, 0.29) is 23.3 Å². The van der Waals surface area contributed by atoms with Gasteiger partial charge in [-0.25, -0.2) is 4.39 Å². The number of para-hydroxylation sites is 1. The highest BCUT2D eigenvalue weighted by Gasteiger charge is 2.50. The number of hydrogen-bond donors (Lipinski definition) is 1. The van der Waals surface area contributed by atoms with Crippen molar-refractivity contribution >= 4 is 11.6 Å². The summed E-state index contributed by atoms with van der Waals surface area (Å²) in [4.78, 5) is 0. The van der Waals surface area contributed by atoms with Gasteiger partial charge < -0.3 is 10.5 Å². The molecule has 1 aromatic rings. The van der Waals surface area contributed by atoms with Crippen LogP contribution in [0, 0.1) is 11.2 Å². The maximum atomic E-state index is 13.6. The van der Waals surface area contributed by atoms with Crippen molar-refractivity contribution in [3.63, 3.8) is 0 Å². The van der Waals surface area contributed by atoms with Crippen molar-refractivity contribution in [2.75, 3.05) is 0 Å². The van der Waals surface area contributed by atoms with Gasteiger partial charge in [0.25, 0.3) is 0 Å². The van der Waals surface area contributed by atoms with Gasteiger partial charge in [0.1, 0.15) is 6.10 Å². The molecule has 3 atom stereocenters. The van der Waals surface area contributed by atoms with Crippen LogP contribution in [0.5, 0.6) is 5.75 Å². The Morgan fingerprint density at radius 1 is 1.59 bits per heavy atom. The van der Waals surface area contributed by atoms with Crippen molar-refractivity contribution in [2.45, 2.75) is 38.8 Å². The molecule has 17 heavy (non-hydrogen) atoms. The van der Waals surface area contributed by atoms with Crippen molar-refractivity contribution in [1.82, 2.24) is 0 Å². The lowest BCUT2D eigenvalue weighted by molar-refractivity contribution is -0.0576. The van der Waals surface area contributed by atoms with Crippen LogP contribution in [0.2, 0.25) is 5.02 Å². The van der Waals surface area contributed by atoms with Crippen molar-refractivity contribution in [1.29, 1.82) is 0 Å². The number of nitrogens with two attached hydrogens (primary N) is 1. The van der Waals surface area contributed by atoms with E-state index in [1.807, 2.05) is 0 Å². The van der Waals surface area contributed by atoms with Gasteiger partial charge in [-0.2, -0.15) is 0 Å². The first-order chi connectivity index (χ1) is 7.99. The molecule has 2 rings (SSSR count). The van der Waals surface area contributed by atoms with E-state index in [1.54, 1.807) is 12.1 Å². The molecule has 2 N–H and O–H groups in total. The molecule has 1 aromatic carbocycles. The minimum Gasteiger partial charge on any atom is -0.485 e. The van der Waals surface area contributed by atoms with Gasteiger partial charge in [-0.1, -0.05) is 31.5 Å². The van der Waals surface area contributed by atoms with E-state index in [4.69, 9.17) is 22.1 Å². The highest BCUT2D eigenvalue weighted by molar-refractivity contribution is 6.32. The third-order valence-electron chi connectivity index (χ3n) is 3.99. The first-order valence-corrected chi connectivity index (χ1v) is 6.23. The Morgan fingerprint density at radius 3 is 2.82 bits per heavy atom. The highest BCUT2D eigenvalue weighted by Crippen LogP contribution is 2.46. The third kappa shape index (κ3) is 2.02. The first-order valence-electron chi connectivity index (χ1n) is 5.85. The van der Waals surface area contributed by atoms with E-state index in [9.17, 15) is 4.39 Å². The minimum atomic E-state index is -0.420. The van der Waals surface area contributed by atoms with E-state index in [0.29, 0.717) is 5.02 Å². The fourth-order valence-corrected chi connectivity index (χ4v) is 2.46. The van der Waals surface area contributed by atoms with Gasteiger partial charge in [0, 0.05) is 17.9 Å². The molecule has 0 spiro atoms. The molecule has 1 saturated carbocycles. The topological polar surface area (TPSA) is 35.2 Å². The van der Waals surface area contributed by atoms with Gasteiger partial charge in [-0.3, -0.25) is 0 Å². The second-order valence-corrected chi connectivity index (χ2v) is 5.27. The number of halogens is 2. The number of rotatable bonds is 3. The van der Waals surface area contributed by atoms with Gasteiger partial charge in [0.2, 0.25) is 0 Å². The Hall–Kier alpha value is -0.800. The first kappa shape index (κ1) is 12.7. The molecule has 1 fully saturated rings. The van der Waals surface area contributed by atoms with Gasteiger partial charge in [0.05, 0.1) is 5.02 Å². The molecule has 0 amide bonds. The Kier molecular flexibility index (Phi) is 3.32. The molecule has 0 aromatic heterocycles. The number of hydrogen-bond acceptors (Lipinski definition) is 2. The van der Waals surface area contributed by atoms with Gasteiger partial charge in [0.15, 0.2) is 11.6 Å². The van der Waals surface area contributed by atoms with Crippen LogP contribution in [0.25, 0.3) is 0 Å². The van der Waals surface area contributed by atoms with Crippen LogP contribution in [0.15, 0.2) is 18.2 Å². The van der Waals surface area contributed by atoms with Crippen LogP contribution in [-0.2, 0) is 0 Å². The van der Waals surface area contributed by atoms with Gasteiger partial charge in [-0.15, -0.1) is 0 Å². The summed E-state index contributed by atoms with van der Waals surface area (Å²) in [6.45, 7) is 4.14. The molecule has 0 saturated heterocycles. The Labute approximate surface area is 106 Å². The summed E-state index contributed by atoms with van der Waals surface area (Å²) in [5, 5.41) is 0.309. The lowest BCUT2D eigenvalue weighted by Crippen LogP contribution is -2.61. The quantitative estimate of drug-likeness (QED) is 0.901. The monoisotopic (exact) mass is 257 g/mol. The molecule has 0 aliphatic heterocycles. The van der Waals surface area contributed by atoms with Crippen LogP contribution in [0.3, 0.4) is 0 Å². The highest BCUT2D eigenvalue weighted by atomic mass is 35.5. The van der Waals surface area contributed by atoms with E-state index in [1.165, 1.54) is 6.07 Å². The molecule has 3 unspecified atom stereocenters. The minimum absolute atomic E-state index is 0.0584. The zero-order valence-electron chi connectivity index (χ0n) is 10.0. The average molecular weight is 258 g/mol. The van der Waals surface area contributed by atoms with Crippen molar-refractivity contribution in [3.8, 4) is 5.75 Å². The SMILES string of the molecule is CCC1(C)C(N)CC1Oc1c(F)cccc1Cl.